The molecule has 24 heavy (non-hydrogen) atoms. The lowest BCUT2D eigenvalue weighted by molar-refractivity contribution is 0.393. The van der Waals surface area contributed by atoms with Gasteiger partial charge in [-0.15, -0.1) is 0 Å². The van der Waals surface area contributed by atoms with Crippen LogP contribution in [0.4, 0.5) is 0 Å². The number of fused-ring (bicyclic) bond motifs is 1. The summed E-state index contributed by atoms with van der Waals surface area (Å²) in [7, 11) is 0. The van der Waals surface area contributed by atoms with Crippen LogP contribution in [0, 0.1) is 13.8 Å². The monoisotopic (exact) mass is 318 g/mol. The standard InChI is InChI=1S/C19H18N4O/c1-12-18(14(3)24-22-12)16-10-15-7-9-23(19(15)21-11-16)13(2)17-6-4-5-8-20-17/h4-11,13H,1-3H3. The molecule has 0 aromatic carbocycles. The van der Waals surface area contributed by atoms with E-state index in [1.54, 1.807) is 0 Å². The summed E-state index contributed by atoms with van der Waals surface area (Å²) in [6.45, 7) is 6.00. The molecule has 4 heterocycles. The average molecular weight is 318 g/mol. The van der Waals surface area contributed by atoms with Gasteiger partial charge in [-0.05, 0) is 45.0 Å². The molecule has 0 aliphatic rings. The van der Waals surface area contributed by atoms with E-state index in [1.807, 2.05) is 44.4 Å². The maximum atomic E-state index is 5.27. The Kier molecular flexibility index (Phi) is 3.41. The summed E-state index contributed by atoms with van der Waals surface area (Å²) in [6.07, 6.45) is 5.77. The zero-order chi connectivity index (χ0) is 16.7. The number of nitrogens with zero attached hydrogens (tertiary/aromatic N) is 4. The topological polar surface area (TPSA) is 56.7 Å². The molecular weight excluding hydrogens is 300 g/mol. The van der Waals surface area contributed by atoms with Gasteiger partial charge in [-0.2, -0.15) is 0 Å². The summed E-state index contributed by atoms with van der Waals surface area (Å²) in [5.41, 5.74) is 4.90. The van der Waals surface area contributed by atoms with Crippen LogP contribution in [-0.4, -0.2) is 19.7 Å². The molecule has 0 spiro atoms. The molecule has 4 rings (SSSR count). The lowest BCUT2D eigenvalue weighted by Crippen LogP contribution is -2.07. The van der Waals surface area contributed by atoms with Crippen LogP contribution in [0.15, 0.2) is 53.4 Å². The molecule has 4 aromatic rings. The molecule has 4 aromatic heterocycles. The predicted molar refractivity (Wildman–Crippen MR) is 92.8 cm³/mol. The zero-order valence-corrected chi connectivity index (χ0v) is 13.9. The highest BCUT2D eigenvalue weighted by Crippen LogP contribution is 2.30. The molecule has 0 amide bonds. The number of pyridine rings is 2. The first kappa shape index (κ1) is 14.6. The SMILES string of the molecule is Cc1noc(C)c1-c1cnc2c(ccn2C(C)c2ccccn2)c1. The van der Waals surface area contributed by atoms with Crippen LogP contribution in [0.25, 0.3) is 22.2 Å². The van der Waals surface area contributed by atoms with Crippen LogP contribution in [-0.2, 0) is 0 Å². The van der Waals surface area contributed by atoms with Crippen molar-refractivity contribution in [2.24, 2.45) is 0 Å². The fourth-order valence-electron chi connectivity index (χ4n) is 3.15. The number of hydrogen-bond donors (Lipinski definition) is 0. The Balaban J connectivity index is 1.79. The van der Waals surface area contributed by atoms with E-state index in [0.717, 1.165) is 39.3 Å². The summed E-state index contributed by atoms with van der Waals surface area (Å²) >= 11 is 0. The van der Waals surface area contributed by atoms with Gasteiger partial charge in [0.1, 0.15) is 11.4 Å². The molecule has 0 bridgehead atoms. The Morgan fingerprint density at radius 3 is 2.71 bits per heavy atom. The van der Waals surface area contributed by atoms with E-state index >= 15 is 0 Å². The molecule has 0 radical (unpaired) electrons. The van der Waals surface area contributed by atoms with E-state index in [9.17, 15) is 0 Å². The van der Waals surface area contributed by atoms with Gasteiger partial charge in [-0.25, -0.2) is 4.98 Å². The minimum atomic E-state index is 0.126. The first-order chi connectivity index (χ1) is 11.6. The second kappa shape index (κ2) is 5.60. The number of aryl methyl sites for hydroxylation is 2. The molecular formula is C19H18N4O. The van der Waals surface area contributed by atoms with Crippen molar-refractivity contribution in [2.75, 3.05) is 0 Å². The Hall–Kier alpha value is -2.95. The van der Waals surface area contributed by atoms with Gasteiger partial charge in [0.2, 0.25) is 0 Å². The molecule has 5 heteroatoms. The van der Waals surface area contributed by atoms with E-state index in [-0.39, 0.29) is 6.04 Å². The van der Waals surface area contributed by atoms with Gasteiger partial charge >= 0.3 is 0 Å². The minimum Gasteiger partial charge on any atom is -0.361 e. The van der Waals surface area contributed by atoms with Gasteiger partial charge in [0.15, 0.2) is 0 Å². The number of aromatic nitrogens is 4. The third kappa shape index (κ3) is 2.29. The van der Waals surface area contributed by atoms with Gasteiger partial charge < -0.3 is 9.09 Å². The van der Waals surface area contributed by atoms with E-state index < -0.39 is 0 Å². The van der Waals surface area contributed by atoms with Crippen LogP contribution < -0.4 is 0 Å². The largest absolute Gasteiger partial charge is 0.361 e. The van der Waals surface area contributed by atoms with Crippen molar-refractivity contribution in [2.45, 2.75) is 26.8 Å². The van der Waals surface area contributed by atoms with Crippen molar-refractivity contribution in [3.63, 3.8) is 0 Å². The lowest BCUT2D eigenvalue weighted by atomic mass is 10.1. The lowest BCUT2D eigenvalue weighted by Gasteiger charge is -2.14. The van der Waals surface area contributed by atoms with E-state index in [4.69, 9.17) is 9.51 Å². The van der Waals surface area contributed by atoms with Crippen LogP contribution in [0.1, 0.15) is 30.1 Å². The van der Waals surface area contributed by atoms with Crippen molar-refractivity contribution in [1.82, 2.24) is 19.7 Å². The van der Waals surface area contributed by atoms with Crippen LogP contribution in [0.3, 0.4) is 0 Å². The predicted octanol–water partition coefficient (Wildman–Crippen LogP) is 4.31. The molecule has 1 atom stereocenters. The van der Waals surface area contributed by atoms with Crippen molar-refractivity contribution < 1.29 is 4.52 Å². The van der Waals surface area contributed by atoms with Crippen molar-refractivity contribution in [3.8, 4) is 11.1 Å². The Bertz CT molecular complexity index is 981. The quantitative estimate of drug-likeness (QED) is 0.565. The molecule has 0 saturated heterocycles. The van der Waals surface area contributed by atoms with Gasteiger partial charge in [-0.3, -0.25) is 4.98 Å². The summed E-state index contributed by atoms with van der Waals surface area (Å²) in [4.78, 5) is 9.15. The summed E-state index contributed by atoms with van der Waals surface area (Å²) in [6, 6.07) is 10.3. The molecule has 120 valence electrons. The molecule has 0 N–H and O–H groups in total. The number of rotatable bonds is 3. The van der Waals surface area contributed by atoms with Crippen LogP contribution in [0.5, 0.6) is 0 Å². The fraction of sp³-hybridized carbons (Fsp3) is 0.211. The third-order valence-electron chi connectivity index (χ3n) is 4.41. The van der Waals surface area contributed by atoms with Crippen molar-refractivity contribution in [3.05, 3.63) is 66.1 Å². The van der Waals surface area contributed by atoms with Crippen LogP contribution in [0.2, 0.25) is 0 Å². The maximum absolute atomic E-state index is 5.27. The average Bonchev–Trinajstić information content (AvgIpc) is 3.17. The minimum absolute atomic E-state index is 0.126. The first-order valence-electron chi connectivity index (χ1n) is 7.96. The van der Waals surface area contributed by atoms with Gasteiger partial charge in [-0.1, -0.05) is 11.2 Å². The molecule has 0 aliphatic carbocycles. The maximum Gasteiger partial charge on any atom is 0.141 e. The van der Waals surface area contributed by atoms with E-state index in [1.165, 1.54) is 0 Å². The summed E-state index contributed by atoms with van der Waals surface area (Å²) < 4.78 is 7.42. The fourth-order valence-corrected chi connectivity index (χ4v) is 3.15. The van der Waals surface area contributed by atoms with Gasteiger partial charge in [0, 0.05) is 35.1 Å². The Morgan fingerprint density at radius 1 is 1.12 bits per heavy atom. The Morgan fingerprint density at radius 2 is 2.00 bits per heavy atom. The second-order valence-corrected chi connectivity index (χ2v) is 5.99. The van der Waals surface area contributed by atoms with Crippen molar-refractivity contribution >= 4 is 11.0 Å². The highest BCUT2D eigenvalue weighted by molar-refractivity contribution is 5.83. The number of hydrogen-bond acceptors (Lipinski definition) is 4. The summed E-state index contributed by atoms with van der Waals surface area (Å²) in [5, 5.41) is 5.12. The molecule has 1 unspecified atom stereocenters. The zero-order valence-electron chi connectivity index (χ0n) is 13.9. The van der Waals surface area contributed by atoms with E-state index in [2.05, 4.69) is 40.0 Å². The first-order valence-corrected chi connectivity index (χ1v) is 7.96. The third-order valence-corrected chi connectivity index (χ3v) is 4.41. The highest BCUT2D eigenvalue weighted by atomic mass is 16.5. The van der Waals surface area contributed by atoms with Gasteiger partial charge in [0.25, 0.3) is 0 Å². The smallest absolute Gasteiger partial charge is 0.141 e. The summed E-state index contributed by atoms with van der Waals surface area (Å²) in [5.74, 6) is 0.815. The molecule has 0 aliphatic heterocycles. The Labute approximate surface area is 140 Å². The molecule has 0 saturated carbocycles. The van der Waals surface area contributed by atoms with Crippen molar-refractivity contribution in [1.29, 1.82) is 0 Å². The van der Waals surface area contributed by atoms with Gasteiger partial charge in [0.05, 0.1) is 17.4 Å². The normalized spacial score (nSPS) is 12.6. The second-order valence-electron chi connectivity index (χ2n) is 5.99. The molecule has 0 fully saturated rings. The van der Waals surface area contributed by atoms with E-state index in [0.29, 0.717) is 0 Å². The molecule has 5 nitrogen and oxygen atoms in total. The highest BCUT2D eigenvalue weighted by Gasteiger charge is 2.16. The van der Waals surface area contributed by atoms with Crippen LogP contribution >= 0.6 is 0 Å².